The van der Waals surface area contributed by atoms with E-state index in [0.717, 1.165) is 34.0 Å². The van der Waals surface area contributed by atoms with Gasteiger partial charge in [0.1, 0.15) is 5.75 Å². The van der Waals surface area contributed by atoms with Gasteiger partial charge in [-0.25, -0.2) is 0 Å². The summed E-state index contributed by atoms with van der Waals surface area (Å²) in [6, 6.07) is 30.2. The minimum atomic E-state index is 0.244. The van der Waals surface area contributed by atoms with Gasteiger partial charge >= 0.3 is 0 Å². The van der Waals surface area contributed by atoms with E-state index in [1.807, 2.05) is 54.6 Å². The molecule has 0 fully saturated rings. The zero-order valence-electron chi connectivity index (χ0n) is 14.3. The van der Waals surface area contributed by atoms with Crippen LogP contribution in [0.1, 0.15) is 16.7 Å². The van der Waals surface area contributed by atoms with Crippen molar-refractivity contribution < 1.29 is 5.11 Å². The van der Waals surface area contributed by atoms with Crippen molar-refractivity contribution in [3.8, 4) is 5.75 Å². The molecule has 1 N–H and O–H groups in total. The Balaban J connectivity index is 1.71. The van der Waals surface area contributed by atoms with E-state index in [-0.39, 0.29) is 5.75 Å². The lowest BCUT2D eigenvalue weighted by Gasteiger charge is -2.07. The lowest BCUT2D eigenvalue weighted by Crippen LogP contribution is -1.90. The van der Waals surface area contributed by atoms with Crippen molar-refractivity contribution in [3.63, 3.8) is 0 Å². The Kier molecular flexibility index (Phi) is 4.48. The quantitative estimate of drug-likeness (QED) is 0.463. The first-order chi connectivity index (χ1) is 12.8. The van der Waals surface area contributed by atoms with Crippen molar-refractivity contribution in [3.05, 3.63) is 108 Å². The number of aromatic hydroxyl groups is 1. The number of phenolic OH excluding ortho intramolecular Hbond substituents is 1. The Hall–Kier alpha value is -3.39. The van der Waals surface area contributed by atoms with E-state index in [4.69, 9.17) is 4.99 Å². The van der Waals surface area contributed by atoms with Gasteiger partial charge in [-0.3, -0.25) is 4.99 Å². The fourth-order valence-electron chi connectivity index (χ4n) is 3.16. The van der Waals surface area contributed by atoms with Crippen LogP contribution < -0.4 is 0 Å². The average molecular weight is 337 g/mol. The van der Waals surface area contributed by atoms with Crippen LogP contribution in [0.5, 0.6) is 5.75 Å². The number of aliphatic imine (C=N–C) groups is 1. The fraction of sp³-hybridized carbons (Fsp3) is 0.0417. The highest BCUT2D eigenvalue weighted by atomic mass is 16.3. The first-order valence-electron chi connectivity index (χ1n) is 8.68. The highest BCUT2D eigenvalue weighted by Crippen LogP contribution is 2.27. The zero-order chi connectivity index (χ0) is 17.8. The van der Waals surface area contributed by atoms with Gasteiger partial charge in [-0.2, -0.15) is 0 Å². The van der Waals surface area contributed by atoms with Crippen LogP contribution in [0.2, 0.25) is 0 Å². The van der Waals surface area contributed by atoms with Gasteiger partial charge in [-0.05, 0) is 40.5 Å². The van der Waals surface area contributed by atoms with Crippen LogP contribution in [0.15, 0.2) is 96.0 Å². The molecular weight excluding hydrogens is 318 g/mol. The predicted molar refractivity (Wildman–Crippen MR) is 109 cm³/mol. The molecule has 4 aromatic carbocycles. The molecule has 0 amide bonds. The summed E-state index contributed by atoms with van der Waals surface area (Å²) in [5, 5.41) is 12.4. The summed E-state index contributed by atoms with van der Waals surface area (Å²) in [7, 11) is 0. The van der Waals surface area contributed by atoms with Gasteiger partial charge in [-0.15, -0.1) is 0 Å². The number of rotatable bonds is 4. The van der Waals surface area contributed by atoms with E-state index in [0.29, 0.717) is 0 Å². The summed E-state index contributed by atoms with van der Waals surface area (Å²) < 4.78 is 0. The molecule has 4 rings (SSSR count). The molecule has 2 nitrogen and oxygen atoms in total. The molecule has 0 heterocycles. The smallest absolute Gasteiger partial charge is 0.124 e. The minimum Gasteiger partial charge on any atom is -0.507 e. The van der Waals surface area contributed by atoms with E-state index in [1.165, 1.54) is 5.56 Å². The molecule has 0 aromatic heterocycles. The lowest BCUT2D eigenvalue weighted by atomic mass is 10.0. The van der Waals surface area contributed by atoms with Gasteiger partial charge in [-0.1, -0.05) is 78.9 Å². The van der Waals surface area contributed by atoms with Crippen LogP contribution in [0.3, 0.4) is 0 Å². The Morgan fingerprint density at radius 2 is 1.46 bits per heavy atom. The number of fused-ring (bicyclic) bond motifs is 1. The van der Waals surface area contributed by atoms with Crippen molar-refractivity contribution in [2.45, 2.75) is 6.42 Å². The van der Waals surface area contributed by atoms with E-state index < -0.39 is 0 Å². The molecule has 0 aliphatic rings. The Morgan fingerprint density at radius 3 is 2.35 bits per heavy atom. The summed E-state index contributed by atoms with van der Waals surface area (Å²) in [6.45, 7) is 0. The maximum Gasteiger partial charge on any atom is 0.124 e. The van der Waals surface area contributed by atoms with Crippen LogP contribution in [0.25, 0.3) is 10.8 Å². The van der Waals surface area contributed by atoms with E-state index >= 15 is 0 Å². The second kappa shape index (κ2) is 7.24. The summed E-state index contributed by atoms with van der Waals surface area (Å²) in [6.07, 6.45) is 2.59. The van der Waals surface area contributed by atoms with E-state index in [2.05, 4.69) is 30.3 Å². The van der Waals surface area contributed by atoms with E-state index in [1.54, 1.807) is 12.3 Å². The normalized spacial score (nSPS) is 11.2. The van der Waals surface area contributed by atoms with E-state index in [9.17, 15) is 5.11 Å². The molecule has 0 atom stereocenters. The van der Waals surface area contributed by atoms with Crippen LogP contribution >= 0.6 is 0 Å². The third kappa shape index (κ3) is 3.35. The maximum absolute atomic E-state index is 10.3. The van der Waals surface area contributed by atoms with Crippen molar-refractivity contribution in [2.75, 3.05) is 0 Å². The van der Waals surface area contributed by atoms with Gasteiger partial charge in [0.05, 0.1) is 5.69 Å². The van der Waals surface area contributed by atoms with Crippen molar-refractivity contribution in [1.29, 1.82) is 0 Å². The summed E-state index contributed by atoms with van der Waals surface area (Å²) in [5.74, 6) is 0.244. The molecule has 0 saturated carbocycles. The summed E-state index contributed by atoms with van der Waals surface area (Å²) in [4.78, 5) is 4.70. The van der Waals surface area contributed by atoms with Gasteiger partial charge in [0.15, 0.2) is 0 Å². The van der Waals surface area contributed by atoms with Crippen LogP contribution in [0.4, 0.5) is 5.69 Å². The molecule has 126 valence electrons. The zero-order valence-corrected chi connectivity index (χ0v) is 14.3. The highest BCUT2D eigenvalue weighted by Gasteiger charge is 2.06. The molecular formula is C24H19NO. The molecule has 2 heteroatoms. The summed E-state index contributed by atoms with van der Waals surface area (Å²) >= 11 is 0. The largest absolute Gasteiger partial charge is 0.507 e. The van der Waals surface area contributed by atoms with Crippen LogP contribution in [-0.4, -0.2) is 11.3 Å². The minimum absolute atomic E-state index is 0.244. The first kappa shape index (κ1) is 16.1. The number of benzene rings is 4. The second-order valence-corrected chi connectivity index (χ2v) is 6.27. The van der Waals surface area contributed by atoms with Crippen molar-refractivity contribution >= 4 is 22.7 Å². The number of hydrogen-bond acceptors (Lipinski definition) is 2. The molecule has 26 heavy (non-hydrogen) atoms. The first-order valence-corrected chi connectivity index (χ1v) is 8.68. The Labute approximate surface area is 153 Å². The molecule has 0 unspecified atom stereocenters. The molecule has 0 spiro atoms. The Bertz CT molecular complexity index is 1070. The SMILES string of the molecule is Oc1ccc2ccccc2c1/C=N/c1ccccc1Cc1ccccc1. The molecule has 4 aromatic rings. The molecule has 0 aliphatic carbocycles. The number of para-hydroxylation sites is 1. The van der Waals surface area contributed by atoms with Gasteiger partial charge < -0.3 is 5.11 Å². The maximum atomic E-state index is 10.3. The molecule has 0 saturated heterocycles. The lowest BCUT2D eigenvalue weighted by molar-refractivity contribution is 0.475. The fourth-order valence-corrected chi connectivity index (χ4v) is 3.16. The molecule has 0 radical (unpaired) electrons. The molecule has 0 aliphatic heterocycles. The number of nitrogens with zero attached hydrogens (tertiary/aromatic N) is 1. The van der Waals surface area contributed by atoms with Crippen molar-refractivity contribution in [1.82, 2.24) is 0 Å². The number of phenols is 1. The second-order valence-electron chi connectivity index (χ2n) is 6.27. The average Bonchev–Trinajstić information content (AvgIpc) is 2.69. The van der Waals surface area contributed by atoms with Gasteiger partial charge in [0.25, 0.3) is 0 Å². The highest BCUT2D eigenvalue weighted by molar-refractivity contribution is 6.03. The summed E-state index contributed by atoms with van der Waals surface area (Å²) in [5.41, 5.74) is 4.08. The Morgan fingerprint density at radius 1 is 0.731 bits per heavy atom. The monoisotopic (exact) mass is 337 g/mol. The topological polar surface area (TPSA) is 32.6 Å². The van der Waals surface area contributed by atoms with Crippen molar-refractivity contribution in [2.24, 2.45) is 4.99 Å². The third-order valence-corrected chi connectivity index (χ3v) is 4.51. The predicted octanol–water partition coefficient (Wildman–Crippen LogP) is 5.89. The van der Waals surface area contributed by atoms with Gasteiger partial charge in [0, 0.05) is 11.8 Å². The standard InChI is InChI=1S/C24H19NO/c26-24-15-14-19-10-4-6-12-21(19)22(24)17-25-23-13-7-5-11-20(23)16-18-8-2-1-3-9-18/h1-15,17,26H,16H2/b25-17+. The molecule has 0 bridgehead atoms. The third-order valence-electron chi connectivity index (χ3n) is 4.51. The van der Waals surface area contributed by atoms with Crippen LogP contribution in [-0.2, 0) is 6.42 Å². The number of hydrogen-bond donors (Lipinski definition) is 1. The van der Waals surface area contributed by atoms with Crippen LogP contribution in [0, 0.1) is 0 Å². The van der Waals surface area contributed by atoms with Gasteiger partial charge in [0.2, 0.25) is 0 Å².